The number of hydrogen-bond donors (Lipinski definition) is 2. The van der Waals surface area contributed by atoms with E-state index in [1.807, 2.05) is 24.3 Å². The van der Waals surface area contributed by atoms with Crippen LogP contribution in [0.4, 0.5) is 36.3 Å². The molecule has 1 aliphatic carbocycles. The van der Waals surface area contributed by atoms with Crippen LogP contribution in [0.5, 0.6) is 0 Å². The predicted octanol–water partition coefficient (Wildman–Crippen LogP) is 6.51. The summed E-state index contributed by atoms with van der Waals surface area (Å²) in [6.45, 7) is 0. The van der Waals surface area contributed by atoms with E-state index in [9.17, 15) is 13.2 Å². The first-order valence-electron chi connectivity index (χ1n) is 10.0. The lowest BCUT2D eigenvalue weighted by molar-refractivity contribution is -0.137. The van der Waals surface area contributed by atoms with Gasteiger partial charge in [-0.3, -0.25) is 0 Å². The third-order valence-electron chi connectivity index (χ3n) is 5.34. The summed E-state index contributed by atoms with van der Waals surface area (Å²) in [5.74, 6) is 0.150. The van der Waals surface area contributed by atoms with E-state index < -0.39 is 11.7 Å². The first-order chi connectivity index (χ1) is 14.9. The average molecular weight is 423 g/mol. The third-order valence-corrected chi connectivity index (χ3v) is 5.34. The summed E-state index contributed by atoms with van der Waals surface area (Å²) >= 11 is 0. The van der Waals surface area contributed by atoms with Crippen molar-refractivity contribution in [1.29, 1.82) is 5.26 Å². The highest BCUT2D eigenvalue weighted by atomic mass is 19.4. The van der Waals surface area contributed by atoms with Crippen LogP contribution in [0, 0.1) is 11.3 Å². The number of nitriles is 1. The van der Waals surface area contributed by atoms with Gasteiger partial charge in [0.05, 0.1) is 11.6 Å². The van der Waals surface area contributed by atoms with Gasteiger partial charge < -0.3 is 10.6 Å². The number of alkyl halides is 3. The summed E-state index contributed by atoms with van der Waals surface area (Å²) in [4.78, 5) is 7.90. The Morgan fingerprint density at radius 2 is 1.71 bits per heavy atom. The number of benzene rings is 2. The number of rotatable bonds is 5. The highest BCUT2D eigenvalue weighted by Gasteiger charge is 2.35. The lowest BCUT2D eigenvalue weighted by atomic mass is 9.97. The number of halogens is 3. The van der Waals surface area contributed by atoms with E-state index in [-0.39, 0.29) is 11.8 Å². The molecule has 1 aliphatic rings. The highest BCUT2D eigenvalue weighted by Crippen LogP contribution is 2.37. The summed E-state index contributed by atoms with van der Waals surface area (Å²) in [6, 6.07) is 16.0. The van der Waals surface area contributed by atoms with E-state index >= 15 is 0 Å². The van der Waals surface area contributed by atoms with Gasteiger partial charge in [0.25, 0.3) is 0 Å². The molecule has 0 radical (unpaired) electrons. The van der Waals surface area contributed by atoms with Gasteiger partial charge in [-0.25, -0.2) is 4.98 Å². The van der Waals surface area contributed by atoms with Crippen molar-refractivity contribution in [2.24, 2.45) is 0 Å². The van der Waals surface area contributed by atoms with Crippen LogP contribution in [0.2, 0.25) is 0 Å². The fourth-order valence-electron chi connectivity index (χ4n) is 3.77. The zero-order valence-corrected chi connectivity index (χ0v) is 16.6. The molecule has 0 aliphatic heterocycles. The van der Waals surface area contributed by atoms with Crippen LogP contribution in [-0.4, -0.2) is 9.97 Å². The van der Waals surface area contributed by atoms with Crippen molar-refractivity contribution in [3.05, 3.63) is 71.4 Å². The van der Waals surface area contributed by atoms with Crippen LogP contribution >= 0.6 is 0 Å². The van der Waals surface area contributed by atoms with E-state index in [2.05, 4.69) is 20.6 Å². The molecule has 1 saturated carbocycles. The third kappa shape index (κ3) is 4.94. The fraction of sp³-hybridized carbons (Fsp3) is 0.261. The molecular formula is C23H20F3N5. The molecule has 1 aromatic heterocycles. The van der Waals surface area contributed by atoms with E-state index in [1.165, 1.54) is 12.8 Å². The molecule has 2 aromatic carbocycles. The molecule has 5 nitrogen and oxygen atoms in total. The largest absolute Gasteiger partial charge is 0.421 e. The van der Waals surface area contributed by atoms with Crippen LogP contribution in [0.3, 0.4) is 0 Å². The van der Waals surface area contributed by atoms with E-state index in [0.717, 1.165) is 24.6 Å². The van der Waals surface area contributed by atoms with Gasteiger partial charge in [0.2, 0.25) is 5.95 Å². The second-order valence-electron chi connectivity index (χ2n) is 7.50. The van der Waals surface area contributed by atoms with Crippen LogP contribution < -0.4 is 10.6 Å². The maximum atomic E-state index is 13.5. The maximum Gasteiger partial charge on any atom is 0.421 e. The molecule has 0 spiro atoms. The van der Waals surface area contributed by atoms with Crippen molar-refractivity contribution in [2.75, 3.05) is 10.6 Å². The molecule has 0 atom stereocenters. The molecule has 8 heteroatoms. The van der Waals surface area contributed by atoms with Gasteiger partial charge in [0.1, 0.15) is 11.4 Å². The summed E-state index contributed by atoms with van der Waals surface area (Å²) in [5, 5.41) is 14.6. The van der Waals surface area contributed by atoms with Gasteiger partial charge in [0.15, 0.2) is 0 Å². The summed E-state index contributed by atoms with van der Waals surface area (Å²) in [7, 11) is 0. The standard InChI is InChI=1S/C23H20F3N5/c24-23(25,26)20-14-28-22(30-18-10-8-15(13-27)9-11-18)31-21(20)29-19-7-3-6-17(12-19)16-4-1-2-5-16/h3,6-12,14,16H,1-2,4-5H2,(H2,28,29,30,31). The maximum absolute atomic E-state index is 13.5. The van der Waals surface area contributed by atoms with Crippen molar-refractivity contribution in [3.63, 3.8) is 0 Å². The van der Waals surface area contributed by atoms with E-state index in [0.29, 0.717) is 22.9 Å². The average Bonchev–Trinajstić information content (AvgIpc) is 3.29. The van der Waals surface area contributed by atoms with Crippen molar-refractivity contribution >= 4 is 23.1 Å². The molecule has 158 valence electrons. The van der Waals surface area contributed by atoms with Gasteiger partial charge in [0, 0.05) is 17.6 Å². The smallest absolute Gasteiger partial charge is 0.340 e. The first-order valence-corrected chi connectivity index (χ1v) is 10.0. The summed E-state index contributed by atoms with van der Waals surface area (Å²) < 4.78 is 40.6. The van der Waals surface area contributed by atoms with Gasteiger partial charge in [-0.1, -0.05) is 25.0 Å². The van der Waals surface area contributed by atoms with E-state index in [1.54, 1.807) is 30.3 Å². The molecule has 1 fully saturated rings. The number of aromatic nitrogens is 2. The molecule has 31 heavy (non-hydrogen) atoms. The van der Waals surface area contributed by atoms with Crippen LogP contribution in [0.25, 0.3) is 0 Å². The van der Waals surface area contributed by atoms with Gasteiger partial charge in [-0.15, -0.1) is 0 Å². The topological polar surface area (TPSA) is 73.6 Å². The van der Waals surface area contributed by atoms with E-state index in [4.69, 9.17) is 5.26 Å². The molecule has 1 heterocycles. The monoisotopic (exact) mass is 423 g/mol. The normalized spacial score (nSPS) is 14.3. The molecular weight excluding hydrogens is 403 g/mol. The lowest BCUT2D eigenvalue weighted by Gasteiger charge is -2.16. The molecule has 3 aromatic rings. The molecule has 2 N–H and O–H groups in total. The Kier molecular flexibility index (Phi) is 5.76. The van der Waals surface area contributed by atoms with Gasteiger partial charge >= 0.3 is 6.18 Å². The minimum Gasteiger partial charge on any atom is -0.340 e. The minimum absolute atomic E-state index is 0.0205. The Bertz CT molecular complexity index is 1100. The number of nitrogens with one attached hydrogen (secondary N) is 2. The Morgan fingerprint density at radius 3 is 2.39 bits per heavy atom. The Labute approximate surface area is 178 Å². The Hall–Kier alpha value is -3.60. The quantitative estimate of drug-likeness (QED) is 0.489. The Morgan fingerprint density at radius 1 is 0.968 bits per heavy atom. The first kappa shape index (κ1) is 20.7. The van der Waals surface area contributed by atoms with Crippen molar-refractivity contribution < 1.29 is 13.2 Å². The molecule has 0 unspecified atom stereocenters. The molecule has 0 amide bonds. The number of anilines is 4. The fourth-order valence-corrected chi connectivity index (χ4v) is 3.77. The zero-order chi connectivity index (χ0) is 21.8. The molecule has 0 bridgehead atoms. The van der Waals surface area contributed by atoms with Crippen molar-refractivity contribution in [2.45, 2.75) is 37.8 Å². The number of nitrogens with zero attached hydrogens (tertiary/aromatic N) is 3. The minimum atomic E-state index is -4.60. The highest BCUT2D eigenvalue weighted by molar-refractivity contribution is 5.63. The Balaban J connectivity index is 1.62. The number of hydrogen-bond acceptors (Lipinski definition) is 5. The predicted molar refractivity (Wildman–Crippen MR) is 112 cm³/mol. The molecule has 0 saturated heterocycles. The summed E-state index contributed by atoms with van der Waals surface area (Å²) in [5.41, 5.74) is 1.78. The zero-order valence-electron chi connectivity index (χ0n) is 16.6. The van der Waals surface area contributed by atoms with Gasteiger partial charge in [-0.2, -0.15) is 23.4 Å². The van der Waals surface area contributed by atoms with Crippen LogP contribution in [0.15, 0.2) is 54.7 Å². The second kappa shape index (κ2) is 8.64. The summed E-state index contributed by atoms with van der Waals surface area (Å²) in [6.07, 6.45) is 0.723. The van der Waals surface area contributed by atoms with Crippen molar-refractivity contribution in [1.82, 2.24) is 9.97 Å². The van der Waals surface area contributed by atoms with Crippen LogP contribution in [-0.2, 0) is 6.18 Å². The SMILES string of the molecule is N#Cc1ccc(Nc2ncc(C(F)(F)F)c(Nc3cccc(C4CCCC4)c3)n2)cc1. The second-order valence-corrected chi connectivity index (χ2v) is 7.50. The lowest BCUT2D eigenvalue weighted by Crippen LogP contribution is -2.12. The molecule has 4 rings (SSSR count). The van der Waals surface area contributed by atoms with Crippen LogP contribution in [0.1, 0.15) is 48.3 Å². The van der Waals surface area contributed by atoms with Gasteiger partial charge in [-0.05, 0) is 60.7 Å². The van der Waals surface area contributed by atoms with Crippen molar-refractivity contribution in [3.8, 4) is 6.07 Å².